The predicted molar refractivity (Wildman–Crippen MR) is 98.5 cm³/mol. The third-order valence-electron chi connectivity index (χ3n) is 3.81. The van der Waals surface area contributed by atoms with Crippen LogP contribution in [0.1, 0.15) is 13.3 Å². The van der Waals surface area contributed by atoms with Crippen molar-refractivity contribution in [2.45, 2.75) is 13.3 Å². The molecule has 0 unspecified atom stereocenters. The van der Waals surface area contributed by atoms with Crippen LogP contribution >= 0.6 is 10.0 Å². The maximum atomic E-state index is 6.29. The lowest BCUT2D eigenvalue weighted by Crippen LogP contribution is -2.19. The normalized spacial score (nSPS) is 17.8. The molecule has 1 heterocycles. The standard InChI is InChI=1S/C19H23NOS/c1-4-13-20-19-18(12-14-22(19,2)3)21-17-11-7-9-15-8-5-6-10-16(15)17/h5-12,14,20H,4,13H2,1-3H3. The topological polar surface area (TPSA) is 21.3 Å². The third kappa shape index (κ3) is 2.86. The van der Waals surface area contributed by atoms with Gasteiger partial charge in [-0.2, -0.15) is 10.0 Å². The highest BCUT2D eigenvalue weighted by Gasteiger charge is 2.25. The van der Waals surface area contributed by atoms with E-state index in [0.717, 1.165) is 29.9 Å². The second-order valence-electron chi connectivity index (χ2n) is 5.91. The van der Waals surface area contributed by atoms with Crippen LogP contribution in [0.3, 0.4) is 0 Å². The molecule has 1 N–H and O–H groups in total. The Morgan fingerprint density at radius 2 is 1.82 bits per heavy atom. The van der Waals surface area contributed by atoms with Gasteiger partial charge in [-0.1, -0.05) is 43.3 Å². The molecule has 0 bridgehead atoms. The molecular formula is C19H23NOS. The minimum absolute atomic E-state index is 0.919. The number of hydrogen-bond acceptors (Lipinski definition) is 2. The molecule has 0 saturated carbocycles. The summed E-state index contributed by atoms with van der Waals surface area (Å²) in [6, 6.07) is 14.6. The fraction of sp³-hybridized carbons (Fsp3) is 0.263. The van der Waals surface area contributed by atoms with E-state index in [1.165, 1.54) is 10.4 Å². The summed E-state index contributed by atoms with van der Waals surface area (Å²) >= 11 is 0. The number of allylic oxidation sites excluding steroid dienone is 1. The van der Waals surface area contributed by atoms with Gasteiger partial charge < -0.3 is 10.1 Å². The van der Waals surface area contributed by atoms with Gasteiger partial charge in [0.2, 0.25) is 0 Å². The third-order valence-corrected chi connectivity index (χ3v) is 6.03. The zero-order chi connectivity index (χ0) is 15.6. The first-order valence-corrected chi connectivity index (χ1v) is 10.2. The number of rotatable bonds is 5. The van der Waals surface area contributed by atoms with E-state index in [1.54, 1.807) is 0 Å². The van der Waals surface area contributed by atoms with E-state index in [4.69, 9.17) is 4.74 Å². The maximum absolute atomic E-state index is 6.29. The van der Waals surface area contributed by atoms with Crippen LogP contribution in [-0.4, -0.2) is 19.1 Å². The van der Waals surface area contributed by atoms with Gasteiger partial charge in [0, 0.05) is 11.9 Å². The van der Waals surface area contributed by atoms with Gasteiger partial charge in [-0.3, -0.25) is 0 Å². The summed E-state index contributed by atoms with van der Waals surface area (Å²) in [6.07, 6.45) is 7.82. The molecule has 3 rings (SSSR count). The number of nitrogens with one attached hydrogen (secondary N) is 1. The fourth-order valence-electron chi connectivity index (χ4n) is 2.63. The van der Waals surface area contributed by atoms with E-state index >= 15 is 0 Å². The molecule has 116 valence electrons. The van der Waals surface area contributed by atoms with Crippen LogP contribution in [0.2, 0.25) is 0 Å². The average Bonchev–Trinajstić information content (AvgIpc) is 2.80. The van der Waals surface area contributed by atoms with Crippen LogP contribution in [0.25, 0.3) is 10.8 Å². The van der Waals surface area contributed by atoms with Gasteiger partial charge in [0.15, 0.2) is 5.76 Å². The molecule has 1 aliphatic rings. The molecule has 0 atom stereocenters. The number of hydrogen-bond donors (Lipinski definition) is 1. The van der Waals surface area contributed by atoms with Crippen molar-refractivity contribution in [2.75, 3.05) is 19.1 Å². The van der Waals surface area contributed by atoms with E-state index in [2.05, 4.69) is 66.6 Å². The van der Waals surface area contributed by atoms with Crippen molar-refractivity contribution in [3.8, 4) is 5.75 Å². The molecule has 0 amide bonds. The van der Waals surface area contributed by atoms with Gasteiger partial charge in [0.25, 0.3) is 0 Å². The highest BCUT2D eigenvalue weighted by atomic mass is 32.3. The minimum atomic E-state index is -0.919. The molecule has 0 radical (unpaired) electrons. The molecule has 22 heavy (non-hydrogen) atoms. The zero-order valence-electron chi connectivity index (χ0n) is 13.4. The van der Waals surface area contributed by atoms with Crippen molar-refractivity contribution in [2.24, 2.45) is 0 Å². The monoisotopic (exact) mass is 313 g/mol. The van der Waals surface area contributed by atoms with Gasteiger partial charge in [-0.05, 0) is 41.9 Å². The van der Waals surface area contributed by atoms with Crippen LogP contribution in [0.15, 0.2) is 64.7 Å². The number of fused-ring (bicyclic) bond motifs is 1. The highest BCUT2D eigenvalue weighted by molar-refractivity contribution is 8.38. The Labute approximate surface area is 134 Å². The molecule has 2 nitrogen and oxygen atoms in total. The fourth-order valence-corrected chi connectivity index (χ4v) is 4.33. The van der Waals surface area contributed by atoms with Crippen molar-refractivity contribution in [3.05, 3.63) is 64.7 Å². The number of ether oxygens (including phenoxy) is 1. The SMILES string of the molecule is CCCNC1=C(Oc2cccc3ccccc23)C=CS1(C)C. The van der Waals surface area contributed by atoms with Crippen LogP contribution in [0.4, 0.5) is 0 Å². The van der Waals surface area contributed by atoms with Crippen molar-refractivity contribution >= 4 is 20.8 Å². The van der Waals surface area contributed by atoms with Crippen molar-refractivity contribution < 1.29 is 4.74 Å². The summed E-state index contributed by atoms with van der Waals surface area (Å²) in [7, 11) is -0.919. The largest absolute Gasteiger partial charge is 0.454 e. The average molecular weight is 313 g/mol. The van der Waals surface area contributed by atoms with E-state index in [0.29, 0.717) is 0 Å². The lowest BCUT2D eigenvalue weighted by atomic mass is 10.1. The van der Waals surface area contributed by atoms with Crippen LogP contribution in [-0.2, 0) is 0 Å². The molecule has 0 aliphatic carbocycles. The molecular weight excluding hydrogens is 290 g/mol. The van der Waals surface area contributed by atoms with Gasteiger partial charge in [-0.15, -0.1) is 0 Å². The highest BCUT2D eigenvalue weighted by Crippen LogP contribution is 2.54. The Hall–Kier alpha value is -1.87. The van der Waals surface area contributed by atoms with Gasteiger partial charge in [0.1, 0.15) is 5.75 Å². The first-order chi connectivity index (χ1) is 10.6. The number of benzene rings is 2. The second-order valence-corrected chi connectivity index (χ2v) is 9.40. The first kappa shape index (κ1) is 15.0. The summed E-state index contributed by atoms with van der Waals surface area (Å²) in [5, 5.41) is 9.46. The van der Waals surface area contributed by atoms with Crippen molar-refractivity contribution in [1.82, 2.24) is 5.32 Å². The van der Waals surface area contributed by atoms with Crippen LogP contribution < -0.4 is 10.1 Å². The van der Waals surface area contributed by atoms with Crippen LogP contribution in [0, 0.1) is 0 Å². The lowest BCUT2D eigenvalue weighted by Gasteiger charge is -2.28. The van der Waals surface area contributed by atoms with Gasteiger partial charge in [-0.25, -0.2) is 0 Å². The summed E-state index contributed by atoms with van der Waals surface area (Å²) < 4.78 is 6.29. The van der Waals surface area contributed by atoms with Gasteiger partial charge in [0.05, 0.1) is 5.03 Å². The summed E-state index contributed by atoms with van der Waals surface area (Å²) in [4.78, 5) is 0. The Balaban J connectivity index is 1.98. The molecule has 0 aromatic heterocycles. The van der Waals surface area contributed by atoms with E-state index < -0.39 is 10.0 Å². The van der Waals surface area contributed by atoms with Gasteiger partial charge >= 0.3 is 0 Å². The first-order valence-electron chi connectivity index (χ1n) is 7.67. The Kier molecular flexibility index (Phi) is 4.16. The summed E-state index contributed by atoms with van der Waals surface area (Å²) in [6.45, 7) is 3.17. The maximum Gasteiger partial charge on any atom is 0.156 e. The molecule has 2 aromatic rings. The zero-order valence-corrected chi connectivity index (χ0v) is 14.2. The van der Waals surface area contributed by atoms with Crippen molar-refractivity contribution in [1.29, 1.82) is 0 Å². The predicted octanol–water partition coefficient (Wildman–Crippen LogP) is 4.98. The molecule has 3 heteroatoms. The summed E-state index contributed by atoms with van der Waals surface area (Å²) in [5.74, 6) is 1.88. The smallest absolute Gasteiger partial charge is 0.156 e. The second kappa shape index (κ2) is 6.09. The molecule has 0 saturated heterocycles. The van der Waals surface area contributed by atoms with Crippen molar-refractivity contribution in [3.63, 3.8) is 0 Å². The molecule has 0 fully saturated rings. The molecule has 0 spiro atoms. The van der Waals surface area contributed by atoms with E-state index in [-0.39, 0.29) is 0 Å². The quantitative estimate of drug-likeness (QED) is 0.840. The lowest BCUT2D eigenvalue weighted by molar-refractivity contribution is 0.443. The Bertz CT molecular complexity index is 741. The molecule has 2 aromatic carbocycles. The Morgan fingerprint density at radius 1 is 1.05 bits per heavy atom. The molecule has 1 aliphatic heterocycles. The van der Waals surface area contributed by atoms with E-state index in [9.17, 15) is 0 Å². The van der Waals surface area contributed by atoms with E-state index in [1.807, 2.05) is 12.1 Å². The minimum Gasteiger partial charge on any atom is -0.454 e. The summed E-state index contributed by atoms with van der Waals surface area (Å²) in [5.41, 5.74) is 0. The Morgan fingerprint density at radius 3 is 2.64 bits per heavy atom. The van der Waals surface area contributed by atoms with Crippen LogP contribution in [0.5, 0.6) is 5.75 Å².